The van der Waals surface area contributed by atoms with Gasteiger partial charge in [0.25, 0.3) is 0 Å². The van der Waals surface area contributed by atoms with Crippen molar-refractivity contribution in [3.05, 3.63) is 183 Å². The number of alkyl halides is 9. The Labute approximate surface area is 459 Å². The van der Waals surface area contributed by atoms with Crippen molar-refractivity contribution in [1.82, 2.24) is 29.9 Å². The molecule has 0 aliphatic carbocycles. The van der Waals surface area contributed by atoms with Crippen molar-refractivity contribution in [3.63, 3.8) is 0 Å². The number of para-hydroxylation sites is 4. The van der Waals surface area contributed by atoms with E-state index in [0.717, 1.165) is 88.6 Å². The summed E-state index contributed by atoms with van der Waals surface area (Å²) in [7, 11) is -18.3. The maximum atomic E-state index is 10.7. The van der Waals surface area contributed by atoms with Gasteiger partial charge in [0.1, 0.15) is 0 Å². The molecule has 0 aliphatic heterocycles. The zero-order valence-corrected chi connectivity index (χ0v) is 43.9. The first-order valence-corrected chi connectivity index (χ1v) is 25.9. The maximum absolute atomic E-state index is 10.7. The molecular weight excluding hydrogens is 1170 g/mol. The van der Waals surface area contributed by atoms with E-state index in [2.05, 4.69) is 92.7 Å². The molecule has 80 heavy (non-hydrogen) atoms. The van der Waals surface area contributed by atoms with Crippen LogP contribution in [-0.2, 0) is 47.7 Å². The number of pyridine rings is 6. The number of benzene rings is 4. The molecule has 6 aromatic heterocycles. The molecule has 0 spiro atoms. The monoisotopic (exact) mass is 1210 g/mol. The molecule has 4 aromatic carbocycles. The van der Waals surface area contributed by atoms with Crippen molar-refractivity contribution in [2.75, 3.05) is 0 Å². The van der Waals surface area contributed by atoms with Gasteiger partial charge in [-0.1, -0.05) is 109 Å². The van der Waals surface area contributed by atoms with Crippen LogP contribution in [0.15, 0.2) is 183 Å². The van der Waals surface area contributed by atoms with Crippen LogP contribution in [0.2, 0.25) is 0 Å². The maximum Gasteiger partial charge on any atom is 3.00 e. The van der Waals surface area contributed by atoms with E-state index >= 15 is 0 Å². The number of rotatable bonds is 4. The van der Waals surface area contributed by atoms with Gasteiger partial charge in [-0.2, -0.15) is 44.8 Å². The van der Waals surface area contributed by atoms with Crippen molar-refractivity contribution in [3.8, 4) is 51.1 Å². The Morgan fingerprint density at radius 1 is 0.362 bits per heavy atom. The second-order valence-corrected chi connectivity index (χ2v) is 19.4. The summed E-state index contributed by atoms with van der Waals surface area (Å²) in [5.41, 5.74) is -5.24. The fourth-order valence-electron chi connectivity index (χ4n) is 6.71. The average molecular weight is 1210 g/mol. The zero-order valence-electron chi connectivity index (χ0n) is 40.2. The first-order valence-electron chi connectivity index (χ1n) is 21.6. The van der Waals surface area contributed by atoms with Gasteiger partial charge in [-0.15, -0.1) is 0 Å². The van der Waals surface area contributed by atoms with Crippen LogP contribution in [0.1, 0.15) is 6.92 Å². The molecule has 6 heterocycles. The molecule has 0 aliphatic rings. The van der Waals surface area contributed by atoms with Crippen molar-refractivity contribution in [2.24, 2.45) is 0 Å². The van der Waals surface area contributed by atoms with Crippen LogP contribution < -0.4 is 0 Å². The van der Waals surface area contributed by atoms with Crippen LogP contribution in [0.25, 0.3) is 88.6 Å². The molecule has 29 heteroatoms. The molecule has 0 saturated heterocycles. The molecule has 413 valence electrons. The molecule has 16 nitrogen and oxygen atoms in total. The summed E-state index contributed by atoms with van der Waals surface area (Å²) >= 11 is 0. The summed E-state index contributed by atoms with van der Waals surface area (Å²) in [6.45, 7) is 1.43. The van der Waals surface area contributed by atoms with Crippen LogP contribution >= 0.6 is 0 Å². The molecular formula is C51H33CrF9N7O9S3. The van der Waals surface area contributed by atoms with Gasteiger partial charge < -0.3 is 13.7 Å². The molecule has 0 N–H and O–H groups in total. The van der Waals surface area contributed by atoms with E-state index in [9.17, 15) is 39.5 Å². The Kier molecular flexibility index (Phi) is 21.9. The minimum atomic E-state index is -6.09. The molecule has 0 fully saturated rings. The predicted molar refractivity (Wildman–Crippen MR) is 270 cm³/mol. The Morgan fingerprint density at radius 2 is 0.525 bits per heavy atom. The number of hydrogen-bond donors (Lipinski definition) is 0. The van der Waals surface area contributed by atoms with Gasteiger partial charge >= 0.3 is 33.9 Å². The summed E-state index contributed by atoms with van der Waals surface area (Å²) in [6, 6.07) is 54.9. The molecule has 10 rings (SSSR count). The fraction of sp³-hybridized carbons (Fsp3) is 0.0784. The van der Waals surface area contributed by atoms with Gasteiger partial charge in [-0.05, 0) is 48.5 Å². The molecule has 0 saturated carbocycles. The summed E-state index contributed by atoms with van der Waals surface area (Å²) < 4.78 is 177. The van der Waals surface area contributed by atoms with Gasteiger partial charge in [-0.25, -0.2) is 35.2 Å². The third-order valence-corrected chi connectivity index (χ3v) is 11.7. The average Bonchev–Trinajstić information content (AvgIpc) is 3.49. The van der Waals surface area contributed by atoms with Gasteiger partial charge in [0.2, 0.25) is 0 Å². The first-order chi connectivity index (χ1) is 37.0. The van der Waals surface area contributed by atoms with Crippen molar-refractivity contribution in [1.29, 1.82) is 5.26 Å². The van der Waals surface area contributed by atoms with E-state index in [-0.39, 0.29) is 17.4 Å². The van der Waals surface area contributed by atoms with Crippen LogP contribution in [0.4, 0.5) is 39.5 Å². The van der Waals surface area contributed by atoms with Crippen LogP contribution in [0.5, 0.6) is 0 Å². The number of nitrogens with zero attached hydrogens (tertiary/aromatic N) is 7. The van der Waals surface area contributed by atoms with E-state index < -0.39 is 46.9 Å². The van der Waals surface area contributed by atoms with E-state index in [1.165, 1.54) is 6.92 Å². The largest absolute Gasteiger partial charge is 3.00 e. The number of halogens is 9. The van der Waals surface area contributed by atoms with E-state index in [1.807, 2.05) is 110 Å². The zero-order chi connectivity index (χ0) is 58.4. The topological polar surface area (TPSA) is 273 Å². The second kappa shape index (κ2) is 27.2. The van der Waals surface area contributed by atoms with Crippen molar-refractivity contribution >= 4 is 74.0 Å². The van der Waals surface area contributed by atoms with Gasteiger partial charge in [0.05, 0.1) is 50.9 Å². The summed E-state index contributed by atoms with van der Waals surface area (Å²) in [6.07, 6.45) is 7.29. The molecule has 1 radical (unpaired) electrons. The summed E-state index contributed by atoms with van der Waals surface area (Å²) in [5, 5.41) is 11.8. The van der Waals surface area contributed by atoms with Gasteiger partial charge in [-0.3, -0.25) is 19.9 Å². The standard InChI is InChI=1S/2C23H15N3.C2H3N.3CHF3O3S.Cr/c2*1-6-16-8-4-14-24-22(16)18(10-1)20-12-3-13-21(26-20)19-11-2-7-17-9-5-15-25-23(17)19;1-2-3;3*2-1(3,4)8(5,6)7;/h2*1-15H;1H3;3*(H,5,6,7);/q;;;;;;+3/p-3. The van der Waals surface area contributed by atoms with Crippen LogP contribution in [0, 0.1) is 11.3 Å². The molecule has 0 bridgehead atoms. The third-order valence-electron chi connectivity index (χ3n) is 9.98. The van der Waals surface area contributed by atoms with Crippen LogP contribution in [0.3, 0.4) is 0 Å². The number of fused-ring (bicyclic) bond motifs is 4. The molecule has 0 unspecified atom stereocenters. The second-order valence-electron chi connectivity index (χ2n) is 15.3. The first kappa shape index (κ1) is 64.5. The normalized spacial score (nSPS) is 11.5. The number of aromatic nitrogens is 6. The summed E-state index contributed by atoms with van der Waals surface area (Å²) in [4.78, 5) is 28.1. The molecule has 0 atom stereocenters. The minimum Gasteiger partial charge on any atom is -0.741 e. The predicted octanol–water partition coefficient (Wildman–Crippen LogP) is 11.7. The fourth-order valence-corrected chi connectivity index (χ4v) is 6.71. The number of hydrogen-bond acceptors (Lipinski definition) is 16. The van der Waals surface area contributed by atoms with E-state index in [4.69, 9.17) is 54.1 Å². The quantitative estimate of drug-likeness (QED) is 0.0899. The molecule has 0 amide bonds. The minimum absolute atomic E-state index is 0. The van der Waals surface area contributed by atoms with E-state index in [1.54, 1.807) is 6.07 Å². The third kappa shape index (κ3) is 17.2. The number of nitriles is 1. The Bertz CT molecular complexity index is 3650. The van der Waals surface area contributed by atoms with Gasteiger partial charge in [0.15, 0.2) is 30.4 Å². The SMILES string of the molecule is CC#N.O=S(=O)([O-])C(F)(F)F.O=S(=O)([O-])C(F)(F)F.O=S(=O)([O-])C(F)(F)F.[Cr+3].c1cc(-c2cccc3cccnc23)nc(-c2cccc3cccnc23)c1.c1cc(-c2cccc3cccnc23)nc(-c2cccc3cccnc23)c1. The van der Waals surface area contributed by atoms with Crippen molar-refractivity contribution < 1.29 is 95.8 Å². The summed E-state index contributed by atoms with van der Waals surface area (Å²) in [5.74, 6) is 0. The van der Waals surface area contributed by atoms with Crippen LogP contribution in [-0.4, -0.2) is 85.3 Å². The Hall–Kier alpha value is -8.06. The smallest absolute Gasteiger partial charge is 0.741 e. The van der Waals surface area contributed by atoms with E-state index in [0.29, 0.717) is 0 Å². The Morgan fingerprint density at radius 3 is 0.700 bits per heavy atom. The van der Waals surface area contributed by atoms with Crippen molar-refractivity contribution in [2.45, 2.75) is 23.4 Å². The molecule has 10 aromatic rings. The van der Waals surface area contributed by atoms with Gasteiger partial charge in [0, 0.05) is 75.5 Å². The Balaban J connectivity index is 0.000000237.